The van der Waals surface area contributed by atoms with Crippen molar-refractivity contribution in [1.82, 2.24) is 0 Å². The van der Waals surface area contributed by atoms with Gasteiger partial charge < -0.3 is 9.47 Å². The first kappa shape index (κ1) is 15.6. The van der Waals surface area contributed by atoms with Crippen LogP contribution in [-0.2, 0) is 16.0 Å². The van der Waals surface area contributed by atoms with Gasteiger partial charge in [0.05, 0.1) is 24.2 Å². The Labute approximate surface area is 113 Å². The van der Waals surface area contributed by atoms with E-state index in [4.69, 9.17) is 10.00 Å². The van der Waals surface area contributed by atoms with E-state index in [1.54, 1.807) is 13.0 Å². The molecule has 0 aliphatic carbocycles. The predicted molar refractivity (Wildman–Crippen MR) is 63.5 cm³/mol. The lowest BCUT2D eigenvalue weighted by molar-refractivity contribution is -0.142. The molecule has 1 aromatic carbocycles. The summed E-state index contributed by atoms with van der Waals surface area (Å²) in [5.74, 6) is -1.14. The Kier molecular flexibility index (Phi) is 5.59. The number of aldehydes is 1. The Morgan fingerprint density at radius 2 is 2.20 bits per heavy atom. The highest BCUT2D eigenvalue weighted by Gasteiger charge is 2.19. The summed E-state index contributed by atoms with van der Waals surface area (Å²) in [5, 5.41) is 8.83. The molecule has 106 valence electrons. The maximum absolute atomic E-state index is 12.3. The van der Waals surface area contributed by atoms with Crippen molar-refractivity contribution < 1.29 is 27.8 Å². The highest BCUT2D eigenvalue weighted by molar-refractivity contribution is 5.86. The molecule has 20 heavy (non-hydrogen) atoms. The SMILES string of the molecule is CCOC(=O)Cc1ccc(C#N)c(OC(F)F)c1C=O. The molecule has 0 heterocycles. The van der Waals surface area contributed by atoms with Gasteiger partial charge in [-0.2, -0.15) is 14.0 Å². The molecular formula is C13H11F2NO4. The van der Waals surface area contributed by atoms with Crippen molar-refractivity contribution in [3.05, 3.63) is 28.8 Å². The summed E-state index contributed by atoms with van der Waals surface area (Å²) in [6.07, 6.45) is 0.000330. The van der Waals surface area contributed by atoms with Crippen LogP contribution < -0.4 is 4.74 Å². The summed E-state index contributed by atoms with van der Waals surface area (Å²) in [4.78, 5) is 22.4. The second-order valence-corrected chi connectivity index (χ2v) is 3.61. The number of benzene rings is 1. The molecule has 5 nitrogen and oxygen atoms in total. The van der Waals surface area contributed by atoms with Crippen LogP contribution in [0.1, 0.15) is 28.4 Å². The zero-order valence-corrected chi connectivity index (χ0v) is 10.6. The van der Waals surface area contributed by atoms with Gasteiger partial charge in [0, 0.05) is 0 Å². The Balaban J connectivity index is 3.23. The number of alkyl halides is 2. The third-order valence-electron chi connectivity index (χ3n) is 2.37. The fraction of sp³-hybridized carbons (Fsp3) is 0.308. The van der Waals surface area contributed by atoms with Crippen LogP contribution in [0.15, 0.2) is 12.1 Å². The highest BCUT2D eigenvalue weighted by Crippen LogP contribution is 2.27. The summed E-state index contributed by atoms with van der Waals surface area (Å²) in [6.45, 7) is -1.41. The van der Waals surface area contributed by atoms with Crippen LogP contribution in [0, 0.1) is 11.3 Å². The summed E-state index contributed by atoms with van der Waals surface area (Å²) in [5.41, 5.74) is -0.300. The molecule has 0 N–H and O–H groups in total. The molecular weight excluding hydrogens is 272 g/mol. The number of carbonyl (C=O) groups excluding carboxylic acids is 2. The fourth-order valence-corrected chi connectivity index (χ4v) is 1.60. The van der Waals surface area contributed by atoms with Crippen LogP contribution in [0.3, 0.4) is 0 Å². The molecule has 0 aliphatic heterocycles. The molecule has 0 atom stereocenters. The summed E-state index contributed by atoms with van der Waals surface area (Å²) < 4.78 is 33.6. The van der Waals surface area contributed by atoms with Gasteiger partial charge in [0.1, 0.15) is 6.07 Å². The number of hydrogen-bond acceptors (Lipinski definition) is 5. The lowest BCUT2D eigenvalue weighted by Gasteiger charge is -2.12. The van der Waals surface area contributed by atoms with Crippen molar-refractivity contribution in [2.24, 2.45) is 0 Å². The molecule has 0 saturated carbocycles. The normalized spacial score (nSPS) is 9.95. The summed E-state index contributed by atoms with van der Waals surface area (Å²) >= 11 is 0. The minimum Gasteiger partial charge on any atom is -0.466 e. The standard InChI is InChI=1S/C13H11F2NO4/c1-2-19-11(18)5-8-3-4-9(6-16)12(10(8)7-17)20-13(14)15/h3-4,7,13H,2,5H2,1H3. The smallest absolute Gasteiger partial charge is 0.387 e. The number of halogens is 2. The van der Waals surface area contributed by atoms with Gasteiger partial charge in [0.2, 0.25) is 0 Å². The lowest BCUT2D eigenvalue weighted by atomic mass is 10.0. The summed E-state index contributed by atoms with van der Waals surface area (Å²) in [7, 11) is 0. The van der Waals surface area contributed by atoms with Crippen molar-refractivity contribution in [2.45, 2.75) is 20.0 Å². The van der Waals surface area contributed by atoms with Gasteiger partial charge >= 0.3 is 12.6 Å². The van der Waals surface area contributed by atoms with E-state index in [1.807, 2.05) is 0 Å². The van der Waals surface area contributed by atoms with Crippen LogP contribution in [0.2, 0.25) is 0 Å². The maximum Gasteiger partial charge on any atom is 0.387 e. The van der Waals surface area contributed by atoms with Gasteiger partial charge in [-0.15, -0.1) is 0 Å². The molecule has 0 saturated heterocycles. The van der Waals surface area contributed by atoms with E-state index in [1.165, 1.54) is 12.1 Å². The zero-order valence-electron chi connectivity index (χ0n) is 10.6. The topological polar surface area (TPSA) is 76.4 Å². The molecule has 0 aliphatic rings. The fourth-order valence-electron chi connectivity index (χ4n) is 1.60. The van der Waals surface area contributed by atoms with Crippen molar-refractivity contribution in [3.8, 4) is 11.8 Å². The van der Waals surface area contributed by atoms with Crippen molar-refractivity contribution >= 4 is 12.3 Å². The highest BCUT2D eigenvalue weighted by atomic mass is 19.3. The zero-order chi connectivity index (χ0) is 15.1. The van der Waals surface area contributed by atoms with Crippen molar-refractivity contribution in [1.29, 1.82) is 5.26 Å². The first-order valence-corrected chi connectivity index (χ1v) is 5.65. The van der Waals surface area contributed by atoms with Crippen molar-refractivity contribution in [3.63, 3.8) is 0 Å². The van der Waals surface area contributed by atoms with Crippen molar-refractivity contribution in [2.75, 3.05) is 6.61 Å². The maximum atomic E-state index is 12.3. The predicted octanol–water partition coefficient (Wildman–Crippen LogP) is 2.08. The number of carbonyl (C=O) groups is 2. The number of hydrogen-bond donors (Lipinski definition) is 0. The lowest BCUT2D eigenvalue weighted by Crippen LogP contribution is -2.12. The number of nitriles is 1. The molecule has 1 rings (SSSR count). The molecule has 0 fully saturated rings. The molecule has 0 aromatic heterocycles. The Hall–Kier alpha value is -2.49. The van der Waals surface area contributed by atoms with Crippen LogP contribution >= 0.6 is 0 Å². The number of esters is 1. The molecule has 0 spiro atoms. The first-order chi connectivity index (χ1) is 9.53. The largest absolute Gasteiger partial charge is 0.466 e. The third-order valence-corrected chi connectivity index (χ3v) is 2.37. The molecule has 0 amide bonds. The number of rotatable bonds is 6. The second kappa shape index (κ2) is 7.19. The van der Waals surface area contributed by atoms with E-state index in [-0.39, 0.29) is 36.0 Å². The van der Waals surface area contributed by atoms with E-state index >= 15 is 0 Å². The van der Waals surface area contributed by atoms with E-state index < -0.39 is 18.3 Å². The number of nitrogens with zero attached hydrogens (tertiary/aromatic N) is 1. The minimum absolute atomic E-state index is 0.159. The van der Waals surface area contributed by atoms with Crippen LogP contribution in [-0.4, -0.2) is 25.5 Å². The van der Waals surface area contributed by atoms with Gasteiger partial charge in [-0.1, -0.05) is 6.07 Å². The van der Waals surface area contributed by atoms with Gasteiger partial charge in [0.15, 0.2) is 12.0 Å². The second-order valence-electron chi connectivity index (χ2n) is 3.61. The monoisotopic (exact) mass is 283 g/mol. The van der Waals surface area contributed by atoms with E-state index in [9.17, 15) is 18.4 Å². The van der Waals surface area contributed by atoms with Gasteiger partial charge in [-0.3, -0.25) is 9.59 Å². The van der Waals surface area contributed by atoms with E-state index in [0.29, 0.717) is 0 Å². The van der Waals surface area contributed by atoms with Crippen LogP contribution in [0.25, 0.3) is 0 Å². The first-order valence-electron chi connectivity index (χ1n) is 5.65. The molecule has 0 unspecified atom stereocenters. The quantitative estimate of drug-likeness (QED) is 0.590. The molecule has 7 heteroatoms. The third kappa shape index (κ3) is 3.75. The van der Waals surface area contributed by atoms with Gasteiger partial charge in [-0.25, -0.2) is 0 Å². The molecule has 0 radical (unpaired) electrons. The van der Waals surface area contributed by atoms with Crippen LogP contribution in [0.5, 0.6) is 5.75 Å². The van der Waals surface area contributed by atoms with E-state index in [2.05, 4.69) is 4.74 Å². The average Bonchev–Trinajstić information content (AvgIpc) is 2.39. The molecule has 0 bridgehead atoms. The van der Waals surface area contributed by atoms with E-state index in [0.717, 1.165) is 0 Å². The Morgan fingerprint density at radius 3 is 2.70 bits per heavy atom. The Morgan fingerprint density at radius 1 is 1.50 bits per heavy atom. The van der Waals surface area contributed by atoms with Gasteiger partial charge in [0.25, 0.3) is 0 Å². The molecule has 1 aromatic rings. The summed E-state index contributed by atoms with van der Waals surface area (Å²) in [6, 6.07) is 4.19. The minimum atomic E-state index is -3.18. The Bertz CT molecular complexity index is 552. The number of ether oxygens (including phenoxy) is 2. The average molecular weight is 283 g/mol. The van der Waals surface area contributed by atoms with Gasteiger partial charge in [-0.05, 0) is 18.6 Å². The van der Waals surface area contributed by atoms with Crippen LogP contribution in [0.4, 0.5) is 8.78 Å².